The van der Waals surface area contributed by atoms with Crippen molar-refractivity contribution >= 4 is 0 Å². The van der Waals surface area contributed by atoms with Crippen LogP contribution in [0.5, 0.6) is 0 Å². The third-order valence-electron chi connectivity index (χ3n) is 3.21. The summed E-state index contributed by atoms with van der Waals surface area (Å²) in [7, 11) is 0. The first kappa shape index (κ1) is 15.5. The highest BCUT2D eigenvalue weighted by Gasteiger charge is 2.30. The zero-order valence-electron chi connectivity index (χ0n) is 11.1. The molecule has 0 saturated heterocycles. The Morgan fingerprint density at radius 2 is 1.62 bits per heavy atom. The molecule has 0 aliphatic heterocycles. The molecule has 1 aromatic carbocycles. The third-order valence-corrected chi connectivity index (χ3v) is 3.21. The van der Waals surface area contributed by atoms with Crippen molar-refractivity contribution in [2.75, 3.05) is 0 Å². The van der Waals surface area contributed by atoms with Gasteiger partial charge >= 0.3 is 6.18 Å². The van der Waals surface area contributed by atoms with Crippen LogP contribution in [0.1, 0.15) is 22.8 Å². The van der Waals surface area contributed by atoms with Gasteiger partial charge in [-0.25, -0.2) is 0 Å². The van der Waals surface area contributed by atoms with E-state index in [0.717, 1.165) is 12.1 Å². The van der Waals surface area contributed by atoms with Gasteiger partial charge in [0.2, 0.25) is 0 Å². The lowest BCUT2D eigenvalue weighted by molar-refractivity contribution is -0.137. The number of rotatable bonds is 4. The van der Waals surface area contributed by atoms with Crippen LogP contribution in [0.3, 0.4) is 0 Å². The third kappa shape index (κ3) is 4.03. The van der Waals surface area contributed by atoms with Crippen molar-refractivity contribution in [3.63, 3.8) is 0 Å². The predicted molar refractivity (Wildman–Crippen MR) is 72.3 cm³/mol. The molecule has 0 bridgehead atoms. The van der Waals surface area contributed by atoms with Crippen LogP contribution < -0.4 is 5.73 Å². The van der Waals surface area contributed by atoms with Gasteiger partial charge in [0, 0.05) is 18.4 Å². The Morgan fingerprint density at radius 3 is 2.14 bits per heavy atom. The topological polar surface area (TPSA) is 59.1 Å². The lowest BCUT2D eigenvalue weighted by Crippen LogP contribution is -2.30. The average molecular weight is 296 g/mol. The molecule has 0 fully saturated rings. The second kappa shape index (κ2) is 6.24. The van der Waals surface area contributed by atoms with Crippen molar-refractivity contribution < 1.29 is 18.3 Å². The van der Waals surface area contributed by atoms with Gasteiger partial charge in [0.1, 0.15) is 0 Å². The van der Waals surface area contributed by atoms with Crippen LogP contribution in [0.2, 0.25) is 0 Å². The maximum absolute atomic E-state index is 12.5. The molecule has 1 heterocycles. The summed E-state index contributed by atoms with van der Waals surface area (Å²) in [6.45, 7) is 0. The number of benzene rings is 1. The van der Waals surface area contributed by atoms with E-state index in [1.165, 1.54) is 12.1 Å². The van der Waals surface area contributed by atoms with Crippen molar-refractivity contribution in [1.29, 1.82) is 0 Å². The molecule has 2 rings (SSSR count). The molecule has 3 nitrogen and oxygen atoms in total. The molecule has 0 aliphatic carbocycles. The lowest BCUT2D eigenvalue weighted by Gasteiger charge is -2.19. The van der Waals surface area contributed by atoms with Crippen molar-refractivity contribution in [2.45, 2.75) is 24.7 Å². The number of hydrogen-bond acceptors (Lipinski definition) is 3. The normalized spacial score (nSPS) is 14.7. The second-order valence-electron chi connectivity index (χ2n) is 4.79. The molecular weight excluding hydrogens is 281 g/mol. The minimum absolute atomic E-state index is 0.279. The molecule has 3 N–H and O–H groups in total. The molecule has 0 spiro atoms. The number of nitrogens with two attached hydrogens (primary N) is 1. The molecular formula is C15H15F3N2O. The molecule has 0 saturated carbocycles. The van der Waals surface area contributed by atoms with E-state index in [9.17, 15) is 18.3 Å². The number of aliphatic hydroxyl groups excluding tert-OH is 1. The Balaban J connectivity index is 2.04. The maximum Gasteiger partial charge on any atom is 0.416 e. The Morgan fingerprint density at radius 1 is 1.05 bits per heavy atom. The van der Waals surface area contributed by atoms with Crippen LogP contribution in [-0.4, -0.2) is 16.1 Å². The van der Waals surface area contributed by atoms with E-state index in [4.69, 9.17) is 5.73 Å². The minimum Gasteiger partial charge on any atom is -0.387 e. The lowest BCUT2D eigenvalue weighted by atomic mass is 9.97. The van der Waals surface area contributed by atoms with Gasteiger partial charge in [0.25, 0.3) is 0 Å². The van der Waals surface area contributed by atoms with Gasteiger partial charge < -0.3 is 10.8 Å². The number of halogens is 3. The molecule has 21 heavy (non-hydrogen) atoms. The molecule has 6 heteroatoms. The van der Waals surface area contributed by atoms with Gasteiger partial charge in [-0.3, -0.25) is 4.98 Å². The van der Waals surface area contributed by atoms with Crippen LogP contribution >= 0.6 is 0 Å². The smallest absolute Gasteiger partial charge is 0.387 e. The monoisotopic (exact) mass is 296 g/mol. The average Bonchev–Trinajstić information content (AvgIpc) is 2.47. The highest BCUT2D eigenvalue weighted by molar-refractivity contribution is 5.26. The fraction of sp³-hybridized carbons (Fsp3) is 0.267. The summed E-state index contributed by atoms with van der Waals surface area (Å²) < 4.78 is 37.4. The summed E-state index contributed by atoms with van der Waals surface area (Å²) in [6.07, 6.45) is -1.87. The fourth-order valence-electron chi connectivity index (χ4n) is 2.02. The second-order valence-corrected chi connectivity index (χ2v) is 4.79. The van der Waals surface area contributed by atoms with Gasteiger partial charge in [0.15, 0.2) is 0 Å². The summed E-state index contributed by atoms with van der Waals surface area (Å²) in [5, 5.41) is 10.1. The van der Waals surface area contributed by atoms with Gasteiger partial charge in [-0.1, -0.05) is 12.1 Å². The molecule has 1 aromatic heterocycles. The summed E-state index contributed by atoms with van der Waals surface area (Å²) in [5.74, 6) is 0. The first-order valence-electron chi connectivity index (χ1n) is 6.37. The summed E-state index contributed by atoms with van der Waals surface area (Å²) >= 11 is 0. The molecule has 2 atom stereocenters. The van der Waals surface area contributed by atoms with Gasteiger partial charge in [-0.2, -0.15) is 13.2 Å². The molecule has 0 aliphatic rings. The van der Waals surface area contributed by atoms with Crippen LogP contribution in [0.25, 0.3) is 0 Å². The SMILES string of the molecule is NC(Cc1ccc(C(F)(F)F)cc1)C(O)c1ccncc1. The summed E-state index contributed by atoms with van der Waals surface area (Å²) in [4.78, 5) is 3.85. The molecule has 0 amide bonds. The highest BCUT2D eigenvalue weighted by Crippen LogP contribution is 2.29. The van der Waals surface area contributed by atoms with Crippen LogP contribution in [-0.2, 0) is 12.6 Å². The van der Waals surface area contributed by atoms with Gasteiger partial charge in [-0.15, -0.1) is 0 Å². The first-order valence-corrected chi connectivity index (χ1v) is 6.37. The van der Waals surface area contributed by atoms with Crippen molar-refractivity contribution in [3.05, 3.63) is 65.5 Å². The maximum atomic E-state index is 12.5. The van der Waals surface area contributed by atoms with Crippen LogP contribution in [0.15, 0.2) is 48.8 Å². The number of aromatic nitrogens is 1. The standard InChI is InChI=1S/C15H15F3N2O/c16-15(17,18)12-3-1-10(2-4-12)9-13(19)14(21)11-5-7-20-8-6-11/h1-8,13-14,21H,9,19H2. The molecule has 112 valence electrons. The summed E-state index contributed by atoms with van der Waals surface area (Å²) in [5.41, 5.74) is 6.48. The first-order chi connectivity index (χ1) is 9.88. The van der Waals surface area contributed by atoms with E-state index < -0.39 is 23.9 Å². The van der Waals surface area contributed by atoms with E-state index in [0.29, 0.717) is 11.1 Å². The summed E-state index contributed by atoms with van der Waals surface area (Å²) in [6, 6.07) is 7.48. The van der Waals surface area contributed by atoms with E-state index in [2.05, 4.69) is 4.98 Å². The van der Waals surface area contributed by atoms with E-state index >= 15 is 0 Å². The van der Waals surface area contributed by atoms with Crippen molar-refractivity contribution in [1.82, 2.24) is 4.98 Å². The largest absolute Gasteiger partial charge is 0.416 e. The van der Waals surface area contributed by atoms with Gasteiger partial charge in [-0.05, 0) is 41.8 Å². The Labute approximate surface area is 120 Å². The zero-order chi connectivity index (χ0) is 15.5. The van der Waals surface area contributed by atoms with Crippen molar-refractivity contribution in [2.24, 2.45) is 5.73 Å². The number of aliphatic hydroxyl groups is 1. The van der Waals surface area contributed by atoms with E-state index in [-0.39, 0.29) is 6.42 Å². The predicted octanol–water partition coefficient (Wildman–Crippen LogP) is 2.70. The Hall–Kier alpha value is -1.92. The fourth-order valence-corrected chi connectivity index (χ4v) is 2.02. The van der Waals surface area contributed by atoms with E-state index in [1.54, 1.807) is 24.5 Å². The minimum atomic E-state index is -4.35. The zero-order valence-corrected chi connectivity index (χ0v) is 11.1. The van der Waals surface area contributed by atoms with Gasteiger partial charge in [0.05, 0.1) is 11.7 Å². The molecule has 2 unspecified atom stereocenters. The number of hydrogen-bond donors (Lipinski definition) is 2. The van der Waals surface area contributed by atoms with Crippen molar-refractivity contribution in [3.8, 4) is 0 Å². The quantitative estimate of drug-likeness (QED) is 0.912. The Kier molecular flexibility index (Phi) is 4.59. The van der Waals surface area contributed by atoms with Crippen LogP contribution in [0.4, 0.5) is 13.2 Å². The number of alkyl halides is 3. The van der Waals surface area contributed by atoms with Crippen LogP contribution in [0, 0.1) is 0 Å². The highest BCUT2D eigenvalue weighted by atomic mass is 19.4. The number of pyridine rings is 1. The Bertz CT molecular complexity index is 570. The molecule has 0 radical (unpaired) electrons. The molecule has 2 aromatic rings. The van der Waals surface area contributed by atoms with E-state index in [1.807, 2.05) is 0 Å². The number of nitrogens with zero attached hydrogens (tertiary/aromatic N) is 1.